The van der Waals surface area contributed by atoms with Crippen molar-refractivity contribution >= 4 is 11.9 Å². The highest BCUT2D eigenvalue weighted by Gasteiger charge is 2.38. The van der Waals surface area contributed by atoms with E-state index in [0.717, 1.165) is 25.7 Å². The minimum absolute atomic E-state index is 0.206. The zero-order chi connectivity index (χ0) is 27.2. The molecule has 6 heteroatoms. The Hall–Kier alpha value is -2.86. The number of nitrogens with zero attached hydrogens (tertiary/aromatic N) is 2. The second kappa shape index (κ2) is 15.4. The predicted octanol–water partition coefficient (Wildman–Crippen LogP) is 8.06. The summed E-state index contributed by atoms with van der Waals surface area (Å²) >= 11 is 0. The molecule has 0 spiro atoms. The van der Waals surface area contributed by atoms with Gasteiger partial charge in [-0.2, -0.15) is 10.5 Å². The highest BCUT2D eigenvalue weighted by Crippen LogP contribution is 2.43. The van der Waals surface area contributed by atoms with Crippen molar-refractivity contribution in [2.45, 2.75) is 117 Å². The topological polar surface area (TPSA) is 100 Å². The van der Waals surface area contributed by atoms with Crippen LogP contribution < -0.4 is 9.47 Å². The van der Waals surface area contributed by atoms with Crippen LogP contribution in [-0.2, 0) is 9.59 Å². The Morgan fingerprint density at radius 1 is 0.892 bits per heavy atom. The summed E-state index contributed by atoms with van der Waals surface area (Å²) in [5.74, 6) is -0.402. The first-order valence-corrected chi connectivity index (χ1v) is 14.2. The van der Waals surface area contributed by atoms with Gasteiger partial charge in [0.25, 0.3) is 0 Å². The van der Waals surface area contributed by atoms with Crippen molar-refractivity contribution in [3.63, 3.8) is 0 Å². The lowest BCUT2D eigenvalue weighted by Gasteiger charge is -2.34. The van der Waals surface area contributed by atoms with Crippen LogP contribution >= 0.6 is 0 Å². The van der Waals surface area contributed by atoms with Crippen LogP contribution in [0, 0.1) is 39.4 Å². The number of ether oxygens (including phenoxy) is 2. The van der Waals surface area contributed by atoms with Crippen LogP contribution in [0.2, 0.25) is 0 Å². The molecule has 1 aromatic rings. The first-order chi connectivity index (χ1) is 17.8. The van der Waals surface area contributed by atoms with Gasteiger partial charge in [0.1, 0.15) is 11.5 Å². The SMILES string of the molecule is CCCCCCCCCCCC1(C#N)CCC(C(=O)Oc2ccc(OC(=O)C(C)(C#N)CC)cc2)CC1. The van der Waals surface area contributed by atoms with E-state index in [-0.39, 0.29) is 17.3 Å². The average Bonchev–Trinajstić information content (AvgIpc) is 2.93. The molecule has 1 unspecified atom stereocenters. The normalized spacial score (nSPS) is 20.7. The Kier molecular flexibility index (Phi) is 12.6. The molecule has 0 aliphatic heterocycles. The van der Waals surface area contributed by atoms with Crippen LogP contribution in [-0.4, -0.2) is 11.9 Å². The molecule has 0 bridgehead atoms. The van der Waals surface area contributed by atoms with Gasteiger partial charge in [0, 0.05) is 0 Å². The summed E-state index contributed by atoms with van der Waals surface area (Å²) < 4.78 is 10.9. The fraction of sp³-hybridized carbons (Fsp3) is 0.677. The lowest BCUT2D eigenvalue weighted by atomic mass is 9.69. The van der Waals surface area contributed by atoms with Gasteiger partial charge in [-0.05, 0) is 69.7 Å². The Balaban J connectivity index is 1.74. The highest BCUT2D eigenvalue weighted by molar-refractivity contribution is 5.81. The van der Waals surface area contributed by atoms with Gasteiger partial charge in [0.2, 0.25) is 0 Å². The lowest BCUT2D eigenvalue weighted by Crippen LogP contribution is -2.31. The molecule has 0 N–H and O–H groups in total. The molecule has 1 aliphatic rings. The van der Waals surface area contributed by atoms with Crippen LogP contribution in [0.4, 0.5) is 0 Å². The van der Waals surface area contributed by atoms with Crippen LogP contribution in [0.15, 0.2) is 24.3 Å². The molecule has 1 saturated carbocycles. The van der Waals surface area contributed by atoms with Crippen molar-refractivity contribution < 1.29 is 19.1 Å². The maximum absolute atomic E-state index is 12.7. The minimum atomic E-state index is -1.20. The molecule has 0 radical (unpaired) electrons. The third-order valence-electron chi connectivity index (χ3n) is 7.93. The number of nitriles is 2. The number of esters is 2. The van der Waals surface area contributed by atoms with Crippen LogP contribution in [0.25, 0.3) is 0 Å². The summed E-state index contributed by atoms with van der Waals surface area (Å²) in [6, 6.07) is 10.9. The van der Waals surface area contributed by atoms with E-state index in [1.54, 1.807) is 38.1 Å². The minimum Gasteiger partial charge on any atom is -0.426 e. The van der Waals surface area contributed by atoms with Crippen molar-refractivity contribution in [1.82, 2.24) is 0 Å². The molecule has 1 aromatic carbocycles. The van der Waals surface area contributed by atoms with Gasteiger partial charge in [0.05, 0.1) is 23.5 Å². The molecule has 0 heterocycles. The molecule has 1 atom stereocenters. The largest absolute Gasteiger partial charge is 0.426 e. The summed E-state index contributed by atoms with van der Waals surface area (Å²) in [4.78, 5) is 25.0. The molecule has 0 saturated heterocycles. The third-order valence-corrected chi connectivity index (χ3v) is 7.93. The van der Waals surface area contributed by atoms with Crippen molar-refractivity contribution in [2.24, 2.45) is 16.7 Å². The quantitative estimate of drug-likeness (QED) is 0.135. The van der Waals surface area contributed by atoms with E-state index in [4.69, 9.17) is 9.47 Å². The third kappa shape index (κ3) is 9.51. The predicted molar refractivity (Wildman–Crippen MR) is 144 cm³/mol. The Bertz CT molecular complexity index is 935. The van der Waals surface area contributed by atoms with Crippen molar-refractivity contribution in [3.05, 3.63) is 24.3 Å². The maximum atomic E-state index is 12.7. The molecule has 1 fully saturated rings. The van der Waals surface area contributed by atoms with Gasteiger partial charge in [-0.15, -0.1) is 0 Å². The molecular formula is C31H44N2O4. The van der Waals surface area contributed by atoms with E-state index in [0.29, 0.717) is 30.8 Å². The first-order valence-electron chi connectivity index (χ1n) is 14.2. The number of carbonyl (C=O) groups excluding carboxylic acids is 2. The Morgan fingerprint density at radius 2 is 1.41 bits per heavy atom. The fourth-order valence-electron chi connectivity index (χ4n) is 4.86. The maximum Gasteiger partial charge on any atom is 0.331 e. The van der Waals surface area contributed by atoms with E-state index in [9.17, 15) is 20.1 Å². The van der Waals surface area contributed by atoms with Crippen LogP contribution in [0.3, 0.4) is 0 Å². The number of carbonyl (C=O) groups is 2. The molecule has 1 aliphatic carbocycles. The second-order valence-corrected chi connectivity index (χ2v) is 10.8. The van der Waals surface area contributed by atoms with Gasteiger partial charge in [-0.25, -0.2) is 4.79 Å². The molecule has 202 valence electrons. The molecule has 37 heavy (non-hydrogen) atoms. The molecule has 0 aromatic heterocycles. The van der Waals surface area contributed by atoms with Crippen molar-refractivity contribution in [1.29, 1.82) is 10.5 Å². The van der Waals surface area contributed by atoms with E-state index in [1.807, 2.05) is 6.07 Å². The summed E-state index contributed by atoms with van der Waals surface area (Å²) in [5.41, 5.74) is -1.50. The highest BCUT2D eigenvalue weighted by atomic mass is 16.5. The van der Waals surface area contributed by atoms with Crippen LogP contribution in [0.1, 0.15) is 117 Å². The number of unbranched alkanes of at least 4 members (excludes halogenated alkanes) is 8. The van der Waals surface area contributed by atoms with E-state index in [2.05, 4.69) is 13.0 Å². The average molecular weight is 509 g/mol. The summed E-state index contributed by atoms with van der Waals surface area (Å²) in [6.07, 6.45) is 15.5. The second-order valence-electron chi connectivity index (χ2n) is 10.8. The standard InChI is InChI=1S/C31H44N2O4/c1-4-6-7-8-9-10-11-12-13-20-31(24-33)21-18-25(19-22-31)28(34)36-26-14-16-27(17-15-26)37-29(35)30(3,5-2)23-32/h14-17,25H,4-13,18-22H2,1-3H3. The van der Waals surface area contributed by atoms with Gasteiger partial charge in [-0.3, -0.25) is 4.79 Å². The van der Waals surface area contributed by atoms with E-state index < -0.39 is 11.4 Å². The van der Waals surface area contributed by atoms with Gasteiger partial charge in [0.15, 0.2) is 5.41 Å². The molecule has 2 rings (SSSR count). The lowest BCUT2D eigenvalue weighted by molar-refractivity contribution is -0.142. The molecule has 6 nitrogen and oxygen atoms in total. The summed E-state index contributed by atoms with van der Waals surface area (Å²) in [5, 5.41) is 19.1. The van der Waals surface area contributed by atoms with E-state index in [1.165, 1.54) is 51.4 Å². The first kappa shape index (κ1) is 30.4. The summed E-state index contributed by atoms with van der Waals surface area (Å²) in [7, 11) is 0. The number of hydrogen-bond acceptors (Lipinski definition) is 6. The molecular weight excluding hydrogens is 464 g/mol. The van der Waals surface area contributed by atoms with Gasteiger partial charge < -0.3 is 9.47 Å². The van der Waals surface area contributed by atoms with Gasteiger partial charge >= 0.3 is 11.9 Å². The Morgan fingerprint density at radius 3 is 1.89 bits per heavy atom. The smallest absolute Gasteiger partial charge is 0.331 e. The number of rotatable bonds is 15. The summed E-state index contributed by atoms with van der Waals surface area (Å²) in [6.45, 7) is 5.55. The molecule has 0 amide bonds. The van der Waals surface area contributed by atoms with E-state index >= 15 is 0 Å². The zero-order valence-electron chi connectivity index (χ0n) is 23.0. The van der Waals surface area contributed by atoms with Crippen molar-refractivity contribution in [3.8, 4) is 23.6 Å². The monoisotopic (exact) mass is 508 g/mol. The number of benzene rings is 1. The van der Waals surface area contributed by atoms with Crippen molar-refractivity contribution in [2.75, 3.05) is 0 Å². The number of hydrogen-bond donors (Lipinski definition) is 0. The van der Waals surface area contributed by atoms with Crippen LogP contribution in [0.5, 0.6) is 11.5 Å². The van der Waals surface area contributed by atoms with Gasteiger partial charge in [-0.1, -0.05) is 71.6 Å². The zero-order valence-corrected chi connectivity index (χ0v) is 23.0. The fourth-order valence-corrected chi connectivity index (χ4v) is 4.86. The Labute approximate surface area is 223 Å².